The highest BCUT2D eigenvalue weighted by Gasteiger charge is 2.36. The molecule has 2 aliphatic rings. The third kappa shape index (κ3) is 3.13. The maximum atomic E-state index is 12.7. The summed E-state index contributed by atoms with van der Waals surface area (Å²) in [6, 6.07) is 0.259. The SMILES string of the molecule is CC(C)c1nnc(S(=O)(=O)C[C@H]2CCCCO2)n1C1CC1. The van der Waals surface area contributed by atoms with Gasteiger partial charge < -0.3 is 4.74 Å². The van der Waals surface area contributed by atoms with Crippen LogP contribution in [0.15, 0.2) is 5.16 Å². The lowest BCUT2D eigenvalue weighted by atomic mass is 10.1. The highest BCUT2D eigenvalue weighted by molar-refractivity contribution is 7.91. The van der Waals surface area contributed by atoms with Crippen LogP contribution < -0.4 is 0 Å². The average Bonchev–Trinajstić information content (AvgIpc) is 3.16. The van der Waals surface area contributed by atoms with Crippen LogP contribution in [-0.2, 0) is 14.6 Å². The Morgan fingerprint density at radius 1 is 1.24 bits per heavy atom. The van der Waals surface area contributed by atoms with Crippen molar-refractivity contribution in [2.45, 2.75) is 69.2 Å². The monoisotopic (exact) mass is 313 g/mol. The Morgan fingerprint density at radius 2 is 2.00 bits per heavy atom. The van der Waals surface area contributed by atoms with Gasteiger partial charge in [-0.05, 0) is 32.1 Å². The van der Waals surface area contributed by atoms with Crippen LogP contribution >= 0.6 is 0 Å². The van der Waals surface area contributed by atoms with Gasteiger partial charge in [0.05, 0.1) is 11.9 Å². The zero-order valence-corrected chi connectivity index (χ0v) is 13.5. The van der Waals surface area contributed by atoms with E-state index in [2.05, 4.69) is 10.2 Å². The first kappa shape index (κ1) is 15.0. The zero-order valence-electron chi connectivity index (χ0n) is 12.7. The molecule has 2 heterocycles. The van der Waals surface area contributed by atoms with Crippen LogP contribution in [0.25, 0.3) is 0 Å². The molecule has 2 fully saturated rings. The van der Waals surface area contributed by atoms with Crippen molar-refractivity contribution in [1.29, 1.82) is 0 Å². The van der Waals surface area contributed by atoms with Crippen LogP contribution in [0.2, 0.25) is 0 Å². The van der Waals surface area contributed by atoms with Gasteiger partial charge in [0.1, 0.15) is 5.82 Å². The fourth-order valence-electron chi connectivity index (χ4n) is 2.83. The summed E-state index contributed by atoms with van der Waals surface area (Å²) in [4.78, 5) is 0. The Hall–Kier alpha value is -0.950. The summed E-state index contributed by atoms with van der Waals surface area (Å²) in [5.74, 6) is 0.976. The van der Waals surface area contributed by atoms with Crippen molar-refractivity contribution in [3.05, 3.63) is 5.82 Å². The van der Waals surface area contributed by atoms with Gasteiger partial charge in [0, 0.05) is 18.6 Å². The highest BCUT2D eigenvalue weighted by atomic mass is 32.2. The average molecular weight is 313 g/mol. The first-order chi connectivity index (χ1) is 9.99. The van der Waals surface area contributed by atoms with E-state index in [-0.39, 0.29) is 29.0 Å². The Balaban J connectivity index is 1.87. The van der Waals surface area contributed by atoms with E-state index in [1.165, 1.54) is 0 Å². The van der Waals surface area contributed by atoms with Crippen molar-refractivity contribution in [3.63, 3.8) is 0 Å². The molecule has 0 bridgehead atoms. The van der Waals surface area contributed by atoms with Gasteiger partial charge in [-0.3, -0.25) is 4.57 Å². The molecule has 3 rings (SSSR count). The van der Waals surface area contributed by atoms with Gasteiger partial charge in [-0.15, -0.1) is 10.2 Å². The van der Waals surface area contributed by atoms with E-state index in [0.717, 1.165) is 37.9 Å². The number of hydrogen-bond donors (Lipinski definition) is 0. The number of ether oxygens (including phenoxy) is 1. The van der Waals surface area contributed by atoms with Crippen LogP contribution in [-0.4, -0.2) is 41.6 Å². The van der Waals surface area contributed by atoms with E-state index >= 15 is 0 Å². The molecule has 0 N–H and O–H groups in total. The molecular formula is C14H23N3O3S. The molecule has 1 saturated carbocycles. The molecule has 0 amide bonds. The minimum atomic E-state index is -3.44. The fourth-order valence-corrected chi connectivity index (χ4v) is 4.44. The number of nitrogens with zero attached hydrogens (tertiary/aromatic N) is 3. The second-order valence-corrected chi connectivity index (χ2v) is 8.29. The Bertz CT molecular complexity index is 599. The molecule has 1 aromatic heterocycles. The normalized spacial score (nSPS) is 23.7. The van der Waals surface area contributed by atoms with Gasteiger partial charge in [0.15, 0.2) is 0 Å². The second kappa shape index (κ2) is 5.68. The topological polar surface area (TPSA) is 74.1 Å². The quantitative estimate of drug-likeness (QED) is 0.832. The van der Waals surface area contributed by atoms with Gasteiger partial charge >= 0.3 is 0 Å². The standard InChI is InChI=1S/C14H23N3O3S/c1-10(2)13-15-16-14(17(13)11-6-7-11)21(18,19)9-12-5-3-4-8-20-12/h10-12H,3-9H2,1-2H3/t12-/m1/s1. The lowest BCUT2D eigenvalue weighted by Crippen LogP contribution is -2.29. The predicted octanol–water partition coefficient (Wildman–Crippen LogP) is 2.08. The molecular weight excluding hydrogens is 290 g/mol. The Labute approximate surface area is 125 Å². The molecule has 1 aliphatic carbocycles. The molecule has 1 aliphatic heterocycles. The van der Waals surface area contributed by atoms with Crippen LogP contribution in [0, 0.1) is 0 Å². The first-order valence-electron chi connectivity index (χ1n) is 7.78. The summed E-state index contributed by atoms with van der Waals surface area (Å²) >= 11 is 0. The van der Waals surface area contributed by atoms with Crippen molar-refractivity contribution >= 4 is 9.84 Å². The van der Waals surface area contributed by atoms with E-state index in [1.807, 2.05) is 18.4 Å². The number of aromatic nitrogens is 3. The molecule has 1 saturated heterocycles. The minimum absolute atomic E-state index is 0.0238. The first-order valence-corrected chi connectivity index (χ1v) is 9.43. The van der Waals surface area contributed by atoms with E-state index in [0.29, 0.717) is 6.61 Å². The molecule has 6 nitrogen and oxygen atoms in total. The fraction of sp³-hybridized carbons (Fsp3) is 0.857. The molecule has 1 aromatic rings. The van der Waals surface area contributed by atoms with E-state index < -0.39 is 9.84 Å². The van der Waals surface area contributed by atoms with Gasteiger partial charge in [-0.2, -0.15) is 0 Å². The van der Waals surface area contributed by atoms with Gasteiger partial charge in [0.25, 0.3) is 0 Å². The number of sulfone groups is 1. The van der Waals surface area contributed by atoms with Gasteiger partial charge in [-0.1, -0.05) is 13.8 Å². The molecule has 7 heteroatoms. The molecule has 1 atom stereocenters. The largest absolute Gasteiger partial charge is 0.377 e. The maximum absolute atomic E-state index is 12.7. The van der Waals surface area contributed by atoms with Crippen LogP contribution in [0.4, 0.5) is 0 Å². The van der Waals surface area contributed by atoms with Crippen LogP contribution in [0.3, 0.4) is 0 Å². The smallest absolute Gasteiger partial charge is 0.250 e. The summed E-state index contributed by atoms with van der Waals surface area (Å²) in [6.07, 6.45) is 4.70. The molecule has 0 unspecified atom stereocenters. The second-order valence-electron chi connectivity index (χ2n) is 6.37. The highest BCUT2D eigenvalue weighted by Crippen LogP contribution is 2.39. The van der Waals surface area contributed by atoms with Crippen molar-refractivity contribution in [1.82, 2.24) is 14.8 Å². The summed E-state index contributed by atoms with van der Waals surface area (Å²) in [6.45, 7) is 4.69. The van der Waals surface area contributed by atoms with Crippen LogP contribution in [0.1, 0.15) is 63.7 Å². The summed E-state index contributed by atoms with van der Waals surface area (Å²) in [5, 5.41) is 8.28. The molecule has 0 radical (unpaired) electrons. The molecule has 0 aromatic carbocycles. The lowest BCUT2D eigenvalue weighted by molar-refractivity contribution is 0.0304. The predicted molar refractivity (Wildman–Crippen MR) is 78.0 cm³/mol. The summed E-state index contributed by atoms with van der Waals surface area (Å²) in [7, 11) is -3.44. The third-order valence-corrected chi connectivity index (χ3v) is 5.72. The van der Waals surface area contributed by atoms with E-state index in [1.54, 1.807) is 0 Å². The van der Waals surface area contributed by atoms with Crippen molar-refractivity contribution in [3.8, 4) is 0 Å². The number of rotatable bonds is 5. The van der Waals surface area contributed by atoms with Gasteiger partial charge in [-0.25, -0.2) is 8.42 Å². The summed E-state index contributed by atoms with van der Waals surface area (Å²) in [5.41, 5.74) is 0. The van der Waals surface area contributed by atoms with Gasteiger partial charge in [0.2, 0.25) is 15.0 Å². The minimum Gasteiger partial charge on any atom is -0.377 e. The lowest BCUT2D eigenvalue weighted by Gasteiger charge is -2.22. The molecule has 118 valence electrons. The van der Waals surface area contributed by atoms with Crippen LogP contribution in [0.5, 0.6) is 0 Å². The van der Waals surface area contributed by atoms with E-state index in [4.69, 9.17) is 4.74 Å². The van der Waals surface area contributed by atoms with Crippen molar-refractivity contribution in [2.75, 3.05) is 12.4 Å². The third-order valence-electron chi connectivity index (χ3n) is 4.08. The summed E-state index contributed by atoms with van der Waals surface area (Å²) < 4.78 is 32.8. The Morgan fingerprint density at radius 3 is 2.57 bits per heavy atom. The zero-order chi connectivity index (χ0) is 15.0. The number of hydrogen-bond acceptors (Lipinski definition) is 5. The molecule has 21 heavy (non-hydrogen) atoms. The van der Waals surface area contributed by atoms with E-state index in [9.17, 15) is 8.42 Å². The Kier molecular flexibility index (Phi) is 4.05. The van der Waals surface area contributed by atoms with Crippen molar-refractivity contribution < 1.29 is 13.2 Å². The maximum Gasteiger partial charge on any atom is 0.250 e. The molecule has 0 spiro atoms. The van der Waals surface area contributed by atoms with Crippen molar-refractivity contribution in [2.24, 2.45) is 0 Å².